The van der Waals surface area contributed by atoms with Gasteiger partial charge in [0.05, 0.1) is 0 Å². The first-order valence-electron chi connectivity index (χ1n) is 2.85. The van der Waals surface area contributed by atoms with Gasteiger partial charge in [-0.25, -0.2) is 9.90 Å². The topological polar surface area (TPSA) is 89.0 Å². The highest BCUT2D eigenvalue weighted by Crippen LogP contribution is 1.91. The lowest BCUT2D eigenvalue weighted by Crippen LogP contribution is -2.29. The summed E-state index contributed by atoms with van der Waals surface area (Å²) in [6.45, 7) is 0.473. The Labute approximate surface area is 53.8 Å². The lowest BCUT2D eigenvalue weighted by atomic mass is 10.2. The summed E-state index contributed by atoms with van der Waals surface area (Å²) < 4.78 is 0. The highest BCUT2D eigenvalue weighted by molar-refractivity contribution is 5.72. The Kier molecular flexibility index (Phi) is 4.00. The second-order valence-electron chi connectivity index (χ2n) is 1.86. The van der Waals surface area contributed by atoms with Crippen molar-refractivity contribution in [3.05, 3.63) is 0 Å². The number of nitrogens with two attached hydrogens (primary N) is 2. The van der Waals surface area contributed by atoms with Crippen LogP contribution in [0.5, 0.6) is 0 Å². The summed E-state index contributed by atoms with van der Waals surface area (Å²) in [5.41, 5.74) is 10.2. The number of hydrogen-bond donors (Lipinski definition) is 2. The highest BCUT2D eigenvalue weighted by Gasteiger charge is 2.11. The number of rotatable bonds is 4. The average molecular weight is 131 g/mol. The Balaban J connectivity index is 3.27. The van der Waals surface area contributed by atoms with E-state index in [1.54, 1.807) is 0 Å². The zero-order chi connectivity index (χ0) is 7.28. The summed E-state index contributed by atoms with van der Waals surface area (Å²) in [6, 6.07) is -0.853. The first kappa shape index (κ1) is 8.39. The van der Waals surface area contributed by atoms with Crippen LogP contribution in [0.25, 0.3) is 0 Å². The van der Waals surface area contributed by atoms with Gasteiger partial charge in [0, 0.05) is 0 Å². The summed E-state index contributed by atoms with van der Waals surface area (Å²) in [4.78, 5) is 9.93. The van der Waals surface area contributed by atoms with Crippen LogP contribution in [0.15, 0.2) is 0 Å². The van der Waals surface area contributed by atoms with Crippen LogP contribution in [0, 0.1) is 0 Å². The molecule has 0 fully saturated rings. The number of carbonyl (C=O) groups excluding carboxylic acids is 1. The Morgan fingerprint density at radius 3 is 2.44 bits per heavy atom. The molecule has 0 aliphatic carbocycles. The van der Waals surface area contributed by atoms with Gasteiger partial charge in [-0.15, -0.1) is 0 Å². The molecular formula is C5H11N2O2. The Bertz CT molecular complexity index is 95.0. The van der Waals surface area contributed by atoms with Crippen molar-refractivity contribution in [2.75, 3.05) is 6.54 Å². The van der Waals surface area contributed by atoms with Crippen molar-refractivity contribution in [1.29, 1.82) is 0 Å². The van der Waals surface area contributed by atoms with Crippen LogP contribution in [0.1, 0.15) is 12.8 Å². The zero-order valence-corrected chi connectivity index (χ0v) is 5.17. The van der Waals surface area contributed by atoms with Gasteiger partial charge in [-0.05, 0) is 19.4 Å². The van der Waals surface area contributed by atoms with Crippen LogP contribution < -0.4 is 11.5 Å². The summed E-state index contributed by atoms with van der Waals surface area (Å²) in [5.74, 6) is -1.21. The molecule has 1 atom stereocenters. The van der Waals surface area contributed by atoms with E-state index in [4.69, 9.17) is 11.5 Å². The maximum atomic E-state index is 9.93. The van der Waals surface area contributed by atoms with Gasteiger partial charge in [-0.3, -0.25) is 0 Å². The number of hydrogen-bond acceptors (Lipinski definition) is 3. The Morgan fingerprint density at radius 2 is 2.11 bits per heavy atom. The van der Waals surface area contributed by atoms with E-state index in [1.807, 2.05) is 0 Å². The first-order chi connectivity index (χ1) is 4.18. The second kappa shape index (κ2) is 4.29. The molecule has 0 amide bonds. The molecule has 0 heterocycles. The van der Waals surface area contributed by atoms with E-state index in [1.165, 1.54) is 0 Å². The van der Waals surface area contributed by atoms with Crippen LogP contribution in [0.3, 0.4) is 0 Å². The van der Waals surface area contributed by atoms with Crippen LogP contribution in [-0.2, 0) is 9.90 Å². The summed E-state index contributed by atoms with van der Waals surface area (Å²) in [6.07, 6.45) is 1.04. The van der Waals surface area contributed by atoms with Crippen molar-refractivity contribution >= 4 is 5.97 Å². The van der Waals surface area contributed by atoms with Gasteiger partial charge in [0.1, 0.15) is 6.04 Å². The fourth-order valence-corrected chi connectivity index (χ4v) is 0.456. The minimum atomic E-state index is -1.21. The molecule has 0 bridgehead atoms. The SMILES string of the molecule is NCCC[C@H](N)C([O])=O. The van der Waals surface area contributed by atoms with Gasteiger partial charge in [-0.1, -0.05) is 0 Å². The van der Waals surface area contributed by atoms with Gasteiger partial charge in [-0.2, -0.15) is 0 Å². The van der Waals surface area contributed by atoms with Gasteiger partial charge in [0.2, 0.25) is 0 Å². The van der Waals surface area contributed by atoms with E-state index >= 15 is 0 Å². The normalized spacial score (nSPS) is 13.1. The standard InChI is InChI=1S/C5H11N2O2/c6-3-1-2-4(7)5(8)9/h4H,1-3,6-7H2/t4-/m0/s1. The summed E-state index contributed by atoms with van der Waals surface area (Å²) >= 11 is 0. The zero-order valence-electron chi connectivity index (χ0n) is 5.17. The van der Waals surface area contributed by atoms with Gasteiger partial charge < -0.3 is 11.5 Å². The molecule has 0 aliphatic heterocycles. The molecule has 4 N–H and O–H groups in total. The van der Waals surface area contributed by atoms with Crippen molar-refractivity contribution in [3.63, 3.8) is 0 Å². The third-order valence-electron chi connectivity index (χ3n) is 1.02. The predicted molar refractivity (Wildman–Crippen MR) is 32.0 cm³/mol. The molecule has 0 aromatic heterocycles. The lowest BCUT2D eigenvalue weighted by molar-refractivity contribution is -0.144. The van der Waals surface area contributed by atoms with Crippen LogP contribution in [0.2, 0.25) is 0 Å². The maximum absolute atomic E-state index is 9.93. The van der Waals surface area contributed by atoms with E-state index in [0.717, 1.165) is 0 Å². The first-order valence-corrected chi connectivity index (χ1v) is 2.85. The Hall–Kier alpha value is -0.610. The molecule has 0 aromatic carbocycles. The monoisotopic (exact) mass is 131 g/mol. The third-order valence-corrected chi connectivity index (χ3v) is 1.02. The van der Waals surface area contributed by atoms with E-state index in [0.29, 0.717) is 19.4 Å². The Morgan fingerprint density at radius 1 is 1.56 bits per heavy atom. The van der Waals surface area contributed by atoms with Gasteiger partial charge in [0.25, 0.3) is 0 Å². The minimum absolute atomic E-state index is 0.402. The van der Waals surface area contributed by atoms with Crippen molar-refractivity contribution in [2.24, 2.45) is 11.5 Å². The average Bonchev–Trinajstić information content (AvgIpc) is 1.82. The minimum Gasteiger partial charge on any atom is -0.330 e. The van der Waals surface area contributed by atoms with Crippen molar-refractivity contribution < 1.29 is 9.90 Å². The molecule has 9 heavy (non-hydrogen) atoms. The van der Waals surface area contributed by atoms with Crippen LogP contribution in [0.4, 0.5) is 0 Å². The van der Waals surface area contributed by atoms with Gasteiger partial charge >= 0.3 is 5.97 Å². The molecule has 0 saturated heterocycles. The molecule has 1 radical (unpaired) electrons. The van der Waals surface area contributed by atoms with Crippen molar-refractivity contribution in [3.8, 4) is 0 Å². The molecule has 4 nitrogen and oxygen atoms in total. The largest absolute Gasteiger partial charge is 0.372 e. The quantitative estimate of drug-likeness (QED) is 0.513. The second-order valence-corrected chi connectivity index (χ2v) is 1.86. The van der Waals surface area contributed by atoms with Crippen molar-refractivity contribution in [1.82, 2.24) is 0 Å². The third kappa shape index (κ3) is 3.93. The van der Waals surface area contributed by atoms with E-state index in [-0.39, 0.29) is 0 Å². The molecule has 0 spiro atoms. The molecule has 0 unspecified atom stereocenters. The van der Waals surface area contributed by atoms with Crippen LogP contribution in [-0.4, -0.2) is 18.6 Å². The molecule has 0 saturated carbocycles. The maximum Gasteiger partial charge on any atom is 0.372 e. The molecule has 0 aliphatic rings. The van der Waals surface area contributed by atoms with E-state index < -0.39 is 12.0 Å². The molecule has 0 rings (SSSR count). The smallest absolute Gasteiger partial charge is 0.330 e. The number of carbonyl (C=O) groups is 1. The van der Waals surface area contributed by atoms with Crippen molar-refractivity contribution in [2.45, 2.75) is 18.9 Å². The fraction of sp³-hybridized carbons (Fsp3) is 0.800. The van der Waals surface area contributed by atoms with E-state index in [2.05, 4.69) is 0 Å². The molecule has 53 valence electrons. The lowest BCUT2D eigenvalue weighted by Gasteiger charge is -2.00. The molecule has 4 heteroatoms. The summed E-state index contributed by atoms with van der Waals surface area (Å²) in [5, 5.41) is 9.93. The van der Waals surface area contributed by atoms with Gasteiger partial charge in [0.15, 0.2) is 0 Å². The highest BCUT2D eigenvalue weighted by atomic mass is 16.4. The van der Waals surface area contributed by atoms with Crippen LogP contribution >= 0.6 is 0 Å². The fourth-order valence-electron chi connectivity index (χ4n) is 0.456. The van der Waals surface area contributed by atoms with E-state index in [9.17, 15) is 9.90 Å². The predicted octanol–water partition coefficient (Wildman–Crippen LogP) is -0.990. The molecular weight excluding hydrogens is 120 g/mol. The summed E-state index contributed by atoms with van der Waals surface area (Å²) in [7, 11) is 0. The molecule has 0 aromatic rings.